The van der Waals surface area contributed by atoms with Crippen molar-refractivity contribution in [1.82, 2.24) is 19.7 Å². The van der Waals surface area contributed by atoms with Crippen molar-refractivity contribution in [3.8, 4) is 0 Å². The maximum atomic E-state index is 13.1. The predicted molar refractivity (Wildman–Crippen MR) is 94.9 cm³/mol. The van der Waals surface area contributed by atoms with Crippen LogP contribution in [0.15, 0.2) is 24.4 Å². The Balaban J connectivity index is 1.64. The van der Waals surface area contributed by atoms with E-state index in [1.165, 1.54) is 11.8 Å². The van der Waals surface area contributed by atoms with E-state index in [0.717, 1.165) is 5.56 Å². The SMILES string of the molecule is CC(=O)c1cc(C2CCN(C(=O)Cn3nc(C(F)F)cc3C(F)F)CC2)ccn1. The molecular formula is C19H20F4N4O2. The highest BCUT2D eigenvalue weighted by Crippen LogP contribution is 2.29. The van der Waals surface area contributed by atoms with E-state index >= 15 is 0 Å². The zero-order valence-electron chi connectivity index (χ0n) is 15.7. The van der Waals surface area contributed by atoms with Gasteiger partial charge >= 0.3 is 0 Å². The van der Waals surface area contributed by atoms with Gasteiger partial charge in [0.1, 0.15) is 23.6 Å². The third-order valence-corrected chi connectivity index (χ3v) is 5.03. The molecule has 1 fully saturated rings. The summed E-state index contributed by atoms with van der Waals surface area (Å²) in [5.74, 6) is -0.433. The van der Waals surface area contributed by atoms with Crippen molar-refractivity contribution in [2.45, 2.75) is 45.1 Å². The number of carbonyl (C=O) groups excluding carboxylic acids is 2. The van der Waals surface area contributed by atoms with E-state index in [0.29, 0.717) is 42.4 Å². The molecule has 6 nitrogen and oxygen atoms in total. The molecule has 2 aromatic heterocycles. The van der Waals surface area contributed by atoms with Gasteiger partial charge in [0, 0.05) is 26.2 Å². The highest BCUT2D eigenvalue weighted by molar-refractivity contribution is 5.92. The first-order chi connectivity index (χ1) is 13.8. The van der Waals surface area contributed by atoms with Gasteiger partial charge in [-0.1, -0.05) is 0 Å². The molecule has 1 aliphatic rings. The van der Waals surface area contributed by atoms with Gasteiger partial charge in [-0.05, 0) is 42.5 Å². The zero-order valence-corrected chi connectivity index (χ0v) is 15.7. The molecule has 3 rings (SSSR count). The van der Waals surface area contributed by atoms with Crippen LogP contribution < -0.4 is 0 Å². The first-order valence-electron chi connectivity index (χ1n) is 9.15. The molecule has 0 atom stereocenters. The average Bonchev–Trinajstić information content (AvgIpc) is 3.12. The monoisotopic (exact) mass is 412 g/mol. The molecule has 1 aliphatic heterocycles. The van der Waals surface area contributed by atoms with Crippen LogP contribution >= 0.6 is 0 Å². The van der Waals surface area contributed by atoms with Crippen LogP contribution in [-0.4, -0.2) is 44.4 Å². The number of hydrogen-bond donors (Lipinski definition) is 0. The van der Waals surface area contributed by atoms with Crippen molar-refractivity contribution in [3.63, 3.8) is 0 Å². The lowest BCUT2D eigenvalue weighted by Gasteiger charge is -2.32. The summed E-state index contributed by atoms with van der Waals surface area (Å²) in [5, 5.41) is 3.45. The molecule has 3 heterocycles. The van der Waals surface area contributed by atoms with Crippen LogP contribution in [0.25, 0.3) is 0 Å². The standard InChI is InChI=1S/C19H20F4N4O2/c1-11(28)14-8-13(2-5-24-14)12-3-6-26(7-4-12)17(29)10-27-16(19(22)23)9-15(25-27)18(20)21/h2,5,8-9,12,18-19H,3-4,6-7,10H2,1H3. The van der Waals surface area contributed by atoms with Gasteiger partial charge in [-0.2, -0.15) is 5.10 Å². The van der Waals surface area contributed by atoms with E-state index in [1.807, 2.05) is 6.07 Å². The maximum absolute atomic E-state index is 13.1. The van der Waals surface area contributed by atoms with Crippen molar-refractivity contribution in [2.24, 2.45) is 0 Å². The summed E-state index contributed by atoms with van der Waals surface area (Å²) >= 11 is 0. The van der Waals surface area contributed by atoms with Gasteiger partial charge in [-0.15, -0.1) is 0 Å². The number of nitrogens with zero attached hydrogens (tertiary/aromatic N) is 4. The average molecular weight is 412 g/mol. The van der Waals surface area contributed by atoms with Crippen LogP contribution in [0, 0.1) is 0 Å². The third kappa shape index (κ3) is 4.80. The second-order valence-corrected chi connectivity index (χ2v) is 6.94. The van der Waals surface area contributed by atoms with Crippen molar-refractivity contribution >= 4 is 11.7 Å². The van der Waals surface area contributed by atoms with E-state index in [2.05, 4.69) is 10.1 Å². The van der Waals surface area contributed by atoms with Crippen LogP contribution in [-0.2, 0) is 11.3 Å². The molecule has 0 spiro atoms. The maximum Gasteiger partial charge on any atom is 0.282 e. The molecule has 0 radical (unpaired) electrons. The Morgan fingerprint density at radius 1 is 1.14 bits per heavy atom. The summed E-state index contributed by atoms with van der Waals surface area (Å²) in [6.45, 7) is 1.72. The second-order valence-electron chi connectivity index (χ2n) is 6.94. The van der Waals surface area contributed by atoms with E-state index in [1.54, 1.807) is 12.3 Å². The fraction of sp³-hybridized carbons (Fsp3) is 0.474. The Morgan fingerprint density at radius 3 is 2.41 bits per heavy atom. The molecule has 0 N–H and O–H groups in total. The number of amides is 1. The molecule has 29 heavy (non-hydrogen) atoms. The number of hydrogen-bond acceptors (Lipinski definition) is 4. The quantitative estimate of drug-likeness (QED) is 0.535. The molecule has 0 saturated carbocycles. The number of ketones is 1. The first-order valence-corrected chi connectivity index (χ1v) is 9.15. The highest BCUT2D eigenvalue weighted by Gasteiger charge is 2.27. The highest BCUT2D eigenvalue weighted by atomic mass is 19.3. The molecule has 156 valence electrons. The van der Waals surface area contributed by atoms with E-state index in [-0.39, 0.29) is 11.7 Å². The number of piperidine rings is 1. The predicted octanol–water partition coefficient (Wildman–Crippen LogP) is 3.76. The summed E-state index contributed by atoms with van der Waals surface area (Å²) < 4.78 is 52.3. The Hall–Kier alpha value is -2.78. The summed E-state index contributed by atoms with van der Waals surface area (Å²) in [4.78, 5) is 29.5. The number of rotatable bonds is 6. The normalized spacial score (nSPS) is 15.3. The second kappa shape index (κ2) is 8.71. The molecule has 2 aromatic rings. The number of aromatic nitrogens is 3. The molecule has 0 bridgehead atoms. The fourth-order valence-electron chi connectivity index (χ4n) is 3.44. The van der Waals surface area contributed by atoms with Gasteiger partial charge in [0.25, 0.3) is 12.9 Å². The number of pyridine rings is 1. The van der Waals surface area contributed by atoms with Crippen LogP contribution in [0.2, 0.25) is 0 Å². The van der Waals surface area contributed by atoms with E-state index in [4.69, 9.17) is 0 Å². The Labute approximate surface area is 164 Å². The van der Waals surface area contributed by atoms with Crippen molar-refractivity contribution in [3.05, 3.63) is 47.0 Å². The van der Waals surface area contributed by atoms with Gasteiger partial charge in [-0.3, -0.25) is 19.3 Å². The Kier molecular flexibility index (Phi) is 6.29. The van der Waals surface area contributed by atoms with Gasteiger partial charge in [0.15, 0.2) is 5.78 Å². The Bertz CT molecular complexity index is 892. The van der Waals surface area contributed by atoms with Crippen molar-refractivity contribution < 1.29 is 27.2 Å². The lowest BCUT2D eigenvalue weighted by Crippen LogP contribution is -2.40. The molecule has 0 aromatic carbocycles. The van der Waals surface area contributed by atoms with Gasteiger partial charge in [-0.25, -0.2) is 17.6 Å². The molecular weight excluding hydrogens is 392 g/mol. The minimum Gasteiger partial charge on any atom is -0.341 e. The number of carbonyl (C=O) groups is 2. The minimum absolute atomic E-state index is 0.128. The molecule has 0 aliphatic carbocycles. The number of Topliss-reactive ketones (excluding diaryl/α,β-unsaturated/α-hetero) is 1. The summed E-state index contributed by atoms with van der Waals surface area (Å²) in [6.07, 6.45) is -3.14. The number of halogens is 4. The fourth-order valence-corrected chi connectivity index (χ4v) is 3.44. The van der Waals surface area contributed by atoms with Crippen molar-refractivity contribution in [2.75, 3.05) is 13.1 Å². The molecule has 0 unspecified atom stereocenters. The summed E-state index contributed by atoms with van der Waals surface area (Å²) in [7, 11) is 0. The van der Waals surface area contributed by atoms with Crippen LogP contribution in [0.5, 0.6) is 0 Å². The van der Waals surface area contributed by atoms with E-state index < -0.39 is 36.7 Å². The molecule has 10 heteroatoms. The topological polar surface area (TPSA) is 68.1 Å². The van der Waals surface area contributed by atoms with Crippen molar-refractivity contribution in [1.29, 1.82) is 0 Å². The lowest BCUT2D eigenvalue weighted by atomic mass is 9.89. The van der Waals surface area contributed by atoms with Crippen LogP contribution in [0.1, 0.15) is 66.0 Å². The van der Waals surface area contributed by atoms with Gasteiger partial charge < -0.3 is 4.90 Å². The Morgan fingerprint density at radius 2 is 1.83 bits per heavy atom. The van der Waals surface area contributed by atoms with Gasteiger partial charge in [0.2, 0.25) is 5.91 Å². The zero-order chi connectivity index (χ0) is 21.1. The molecule has 1 amide bonds. The smallest absolute Gasteiger partial charge is 0.282 e. The first kappa shape index (κ1) is 20.9. The van der Waals surface area contributed by atoms with Crippen LogP contribution in [0.4, 0.5) is 17.6 Å². The number of likely N-dealkylation sites (tertiary alicyclic amines) is 1. The van der Waals surface area contributed by atoms with Gasteiger partial charge in [0.05, 0.1) is 0 Å². The van der Waals surface area contributed by atoms with E-state index in [9.17, 15) is 27.2 Å². The van der Waals surface area contributed by atoms with Crippen LogP contribution in [0.3, 0.4) is 0 Å². The lowest BCUT2D eigenvalue weighted by molar-refractivity contribution is -0.133. The largest absolute Gasteiger partial charge is 0.341 e. The summed E-state index contributed by atoms with van der Waals surface area (Å²) in [6, 6.07) is 4.21. The minimum atomic E-state index is -3.00. The molecule has 1 saturated heterocycles. The number of alkyl halides is 4. The summed E-state index contributed by atoms with van der Waals surface area (Å²) in [5.41, 5.74) is -0.122. The third-order valence-electron chi connectivity index (χ3n) is 5.03.